The summed E-state index contributed by atoms with van der Waals surface area (Å²) < 4.78 is 5.10. The number of carbonyl (C=O) groups is 1. The van der Waals surface area contributed by atoms with Crippen molar-refractivity contribution < 1.29 is 9.53 Å². The summed E-state index contributed by atoms with van der Waals surface area (Å²) in [6.45, 7) is 0.510. The quantitative estimate of drug-likeness (QED) is 0.264. The van der Waals surface area contributed by atoms with E-state index in [1.54, 1.807) is 7.11 Å². The minimum absolute atomic E-state index is 0. The maximum absolute atomic E-state index is 11.9. The van der Waals surface area contributed by atoms with Crippen molar-refractivity contribution in [3.05, 3.63) is 29.8 Å². The molecule has 0 radical (unpaired) electrons. The molecule has 1 saturated carbocycles. The van der Waals surface area contributed by atoms with Crippen LogP contribution in [-0.2, 0) is 11.3 Å². The van der Waals surface area contributed by atoms with Gasteiger partial charge in [-0.15, -0.1) is 24.0 Å². The van der Waals surface area contributed by atoms with Crippen LogP contribution in [-0.4, -0.2) is 31.6 Å². The molecule has 7 heteroatoms. The molecule has 1 aromatic rings. The van der Waals surface area contributed by atoms with Gasteiger partial charge < -0.3 is 21.1 Å². The van der Waals surface area contributed by atoms with Gasteiger partial charge in [-0.2, -0.15) is 0 Å². The molecule has 0 spiro atoms. The Balaban J connectivity index is 0.00000312. The van der Waals surface area contributed by atoms with Crippen LogP contribution >= 0.6 is 24.0 Å². The predicted molar refractivity (Wildman–Crippen MR) is 111 cm³/mol. The fraction of sp³-hybridized carbons (Fsp3) is 0.556. The van der Waals surface area contributed by atoms with Gasteiger partial charge in [-0.1, -0.05) is 37.8 Å². The fourth-order valence-corrected chi connectivity index (χ4v) is 2.84. The van der Waals surface area contributed by atoms with E-state index >= 15 is 0 Å². The molecule has 0 bridgehead atoms. The summed E-state index contributed by atoms with van der Waals surface area (Å²) in [7, 11) is 1.63. The number of benzene rings is 1. The first-order valence-corrected chi connectivity index (χ1v) is 8.63. The lowest BCUT2D eigenvalue weighted by molar-refractivity contribution is -0.119. The second kappa shape index (κ2) is 11.9. The second-order valence-electron chi connectivity index (χ2n) is 6.16. The number of carbonyl (C=O) groups excluding carboxylic acids is 1. The van der Waals surface area contributed by atoms with E-state index in [-0.39, 0.29) is 36.4 Å². The van der Waals surface area contributed by atoms with Gasteiger partial charge in [-0.05, 0) is 30.5 Å². The molecular weight excluding hydrogens is 431 g/mol. The first-order chi connectivity index (χ1) is 11.7. The number of nitrogens with two attached hydrogens (primary N) is 1. The zero-order valence-electron chi connectivity index (χ0n) is 14.8. The Hall–Kier alpha value is -1.51. The maximum Gasteiger partial charge on any atom is 0.242 e. The highest BCUT2D eigenvalue weighted by molar-refractivity contribution is 14.0. The number of nitrogens with zero attached hydrogens (tertiary/aromatic N) is 1. The summed E-state index contributed by atoms with van der Waals surface area (Å²) in [4.78, 5) is 16.0. The van der Waals surface area contributed by atoms with Gasteiger partial charge in [0.15, 0.2) is 5.96 Å². The average molecular weight is 460 g/mol. The van der Waals surface area contributed by atoms with E-state index in [4.69, 9.17) is 10.5 Å². The van der Waals surface area contributed by atoms with Gasteiger partial charge in [-0.3, -0.25) is 4.79 Å². The molecule has 1 aliphatic rings. The highest BCUT2D eigenvalue weighted by Crippen LogP contribution is 2.16. The third-order valence-electron chi connectivity index (χ3n) is 4.25. The zero-order chi connectivity index (χ0) is 17.2. The third-order valence-corrected chi connectivity index (χ3v) is 4.25. The van der Waals surface area contributed by atoms with Crippen LogP contribution in [0.2, 0.25) is 0 Å². The van der Waals surface area contributed by atoms with Crippen molar-refractivity contribution in [2.45, 2.75) is 51.1 Å². The molecule has 140 valence electrons. The van der Waals surface area contributed by atoms with Crippen LogP contribution in [0.1, 0.15) is 44.1 Å². The molecule has 2 rings (SSSR count). The number of amides is 1. The monoisotopic (exact) mass is 460 g/mol. The van der Waals surface area contributed by atoms with Crippen molar-refractivity contribution in [1.29, 1.82) is 0 Å². The molecule has 1 aliphatic carbocycles. The van der Waals surface area contributed by atoms with Crippen molar-refractivity contribution >= 4 is 35.8 Å². The summed E-state index contributed by atoms with van der Waals surface area (Å²) in [6.07, 6.45) is 7.30. The van der Waals surface area contributed by atoms with Crippen LogP contribution in [0.3, 0.4) is 0 Å². The maximum atomic E-state index is 11.9. The van der Waals surface area contributed by atoms with Crippen LogP contribution in [0.15, 0.2) is 29.3 Å². The Bertz CT molecular complexity index is 541. The standard InChI is InChI=1S/C18H28N4O2.HI/c1-24-16-10-8-14(9-11-16)12-20-17(23)13-21-18(19)22-15-6-4-2-3-5-7-15;/h8-11,15H,2-7,12-13H2,1H3,(H,20,23)(H3,19,21,22);1H. The highest BCUT2D eigenvalue weighted by atomic mass is 127. The Morgan fingerprint density at radius 3 is 2.44 bits per heavy atom. The molecule has 25 heavy (non-hydrogen) atoms. The van der Waals surface area contributed by atoms with E-state index in [1.165, 1.54) is 25.7 Å². The highest BCUT2D eigenvalue weighted by Gasteiger charge is 2.12. The molecule has 1 amide bonds. The van der Waals surface area contributed by atoms with Crippen molar-refractivity contribution in [3.8, 4) is 5.75 Å². The minimum Gasteiger partial charge on any atom is -0.497 e. The molecule has 0 aliphatic heterocycles. The second-order valence-corrected chi connectivity index (χ2v) is 6.16. The SMILES string of the molecule is COc1ccc(CNC(=O)CN=C(N)NC2CCCCCC2)cc1.I. The fourth-order valence-electron chi connectivity index (χ4n) is 2.84. The first kappa shape index (κ1) is 21.5. The number of ether oxygens (including phenoxy) is 1. The van der Waals surface area contributed by atoms with Crippen LogP contribution in [0, 0.1) is 0 Å². The lowest BCUT2D eigenvalue weighted by Crippen LogP contribution is -2.40. The van der Waals surface area contributed by atoms with Crippen LogP contribution in [0.5, 0.6) is 5.75 Å². The molecule has 1 aromatic carbocycles. The molecular formula is C18H29IN4O2. The molecule has 4 N–H and O–H groups in total. The molecule has 0 heterocycles. The van der Waals surface area contributed by atoms with E-state index < -0.39 is 0 Å². The van der Waals surface area contributed by atoms with Gasteiger partial charge >= 0.3 is 0 Å². The summed E-state index contributed by atoms with van der Waals surface area (Å²) in [5.41, 5.74) is 6.90. The van der Waals surface area contributed by atoms with Gasteiger partial charge in [0.1, 0.15) is 12.3 Å². The van der Waals surface area contributed by atoms with Crippen LogP contribution in [0.25, 0.3) is 0 Å². The normalized spacial score (nSPS) is 15.6. The van der Waals surface area contributed by atoms with Crippen molar-refractivity contribution in [3.63, 3.8) is 0 Å². The molecule has 0 atom stereocenters. The van der Waals surface area contributed by atoms with E-state index in [0.717, 1.165) is 24.2 Å². The van der Waals surface area contributed by atoms with Crippen molar-refractivity contribution in [2.75, 3.05) is 13.7 Å². The topological polar surface area (TPSA) is 88.7 Å². The lowest BCUT2D eigenvalue weighted by atomic mass is 10.1. The molecule has 0 unspecified atom stereocenters. The van der Waals surface area contributed by atoms with Crippen LogP contribution < -0.4 is 21.1 Å². The minimum atomic E-state index is -0.142. The smallest absolute Gasteiger partial charge is 0.242 e. The zero-order valence-corrected chi connectivity index (χ0v) is 17.1. The number of aliphatic imine (C=N–C) groups is 1. The van der Waals surface area contributed by atoms with Crippen molar-refractivity contribution in [1.82, 2.24) is 10.6 Å². The third kappa shape index (κ3) is 8.42. The van der Waals surface area contributed by atoms with Crippen molar-refractivity contribution in [2.24, 2.45) is 10.7 Å². The number of methoxy groups -OCH3 is 1. The van der Waals surface area contributed by atoms with E-state index in [1.807, 2.05) is 24.3 Å². The van der Waals surface area contributed by atoms with Gasteiger partial charge in [0.2, 0.25) is 5.91 Å². The Labute approximate surface area is 167 Å². The largest absolute Gasteiger partial charge is 0.497 e. The molecule has 1 fully saturated rings. The number of hydrogen-bond acceptors (Lipinski definition) is 3. The number of halogens is 1. The summed E-state index contributed by atoms with van der Waals surface area (Å²) in [5, 5.41) is 6.07. The predicted octanol–water partition coefficient (Wildman–Crippen LogP) is 2.56. The molecule has 0 aromatic heterocycles. The first-order valence-electron chi connectivity index (χ1n) is 8.63. The van der Waals surface area contributed by atoms with Gasteiger partial charge in [-0.25, -0.2) is 4.99 Å². The lowest BCUT2D eigenvalue weighted by Gasteiger charge is -2.16. The number of rotatable bonds is 6. The van der Waals surface area contributed by atoms with E-state index in [2.05, 4.69) is 15.6 Å². The van der Waals surface area contributed by atoms with Gasteiger partial charge in [0.25, 0.3) is 0 Å². The van der Waals surface area contributed by atoms with E-state index in [9.17, 15) is 4.79 Å². The van der Waals surface area contributed by atoms with Gasteiger partial charge in [0, 0.05) is 12.6 Å². The molecule has 6 nitrogen and oxygen atoms in total. The van der Waals surface area contributed by atoms with E-state index in [0.29, 0.717) is 18.5 Å². The van der Waals surface area contributed by atoms with Crippen LogP contribution in [0.4, 0.5) is 0 Å². The van der Waals surface area contributed by atoms with Gasteiger partial charge in [0.05, 0.1) is 7.11 Å². The Morgan fingerprint density at radius 2 is 1.84 bits per heavy atom. The number of hydrogen-bond donors (Lipinski definition) is 3. The summed E-state index contributed by atoms with van der Waals surface area (Å²) in [5.74, 6) is 1.02. The Kier molecular flexibility index (Phi) is 10.3. The molecule has 0 saturated heterocycles. The number of guanidine groups is 1. The summed E-state index contributed by atoms with van der Waals surface area (Å²) in [6, 6.07) is 7.97. The Morgan fingerprint density at radius 1 is 1.20 bits per heavy atom. The number of nitrogens with one attached hydrogen (secondary N) is 2. The average Bonchev–Trinajstić information content (AvgIpc) is 2.87. The summed E-state index contributed by atoms with van der Waals surface area (Å²) >= 11 is 0.